The van der Waals surface area contributed by atoms with E-state index in [4.69, 9.17) is 18.6 Å². The summed E-state index contributed by atoms with van der Waals surface area (Å²) in [6.45, 7) is 8.49. The average molecular weight is 591 g/mol. The molecule has 4 aromatic carbocycles. The fourth-order valence-electron chi connectivity index (χ4n) is 7.92. The first kappa shape index (κ1) is 26.6. The summed E-state index contributed by atoms with van der Waals surface area (Å²) in [6.07, 6.45) is 10.6. The maximum Gasteiger partial charge on any atom is 0.205 e. The first-order chi connectivity index (χ1) is 21.7. The zero-order valence-corrected chi connectivity index (χ0v) is 25.9. The fourth-order valence-corrected chi connectivity index (χ4v) is 7.92. The van der Waals surface area contributed by atoms with E-state index < -0.39 is 11.4 Å². The first-order valence-electron chi connectivity index (χ1n) is 15.8. The summed E-state index contributed by atoms with van der Waals surface area (Å²) < 4.78 is 26.1. The van der Waals surface area contributed by atoms with E-state index >= 15 is 0 Å². The summed E-state index contributed by atoms with van der Waals surface area (Å²) in [5, 5.41) is 2.26. The van der Waals surface area contributed by atoms with Crippen LogP contribution in [0.2, 0.25) is 0 Å². The molecule has 0 bridgehead atoms. The highest BCUT2D eigenvalue weighted by Crippen LogP contribution is 2.54. The molecule has 9 rings (SSSR count). The van der Waals surface area contributed by atoms with Gasteiger partial charge in [0.1, 0.15) is 28.4 Å². The Kier molecular flexibility index (Phi) is 5.39. The normalized spacial score (nSPS) is 24.5. The van der Waals surface area contributed by atoms with E-state index in [0.717, 1.165) is 67.9 Å². The van der Waals surface area contributed by atoms with Gasteiger partial charge in [-0.2, -0.15) is 0 Å². The molecule has 45 heavy (non-hydrogen) atoms. The number of ether oxygens (including phenoxy) is 3. The van der Waals surface area contributed by atoms with Gasteiger partial charge in [0.05, 0.1) is 11.0 Å². The van der Waals surface area contributed by atoms with E-state index in [-0.39, 0.29) is 5.41 Å². The number of rotatable bonds is 2. The van der Waals surface area contributed by atoms with Gasteiger partial charge in [-0.3, -0.25) is 0 Å². The molecule has 4 heteroatoms. The van der Waals surface area contributed by atoms with Crippen molar-refractivity contribution in [3.8, 4) is 11.5 Å². The molecule has 2 atom stereocenters. The molecule has 222 valence electrons. The largest absolute Gasteiger partial charge is 0.462 e. The molecule has 0 saturated heterocycles. The average Bonchev–Trinajstić information content (AvgIpc) is 3.52. The highest BCUT2D eigenvalue weighted by atomic mass is 16.7. The second kappa shape index (κ2) is 9.12. The second-order valence-corrected chi connectivity index (χ2v) is 13.6. The summed E-state index contributed by atoms with van der Waals surface area (Å²) in [6, 6.07) is 29.6. The maximum absolute atomic E-state index is 6.88. The van der Waals surface area contributed by atoms with Crippen LogP contribution >= 0.6 is 0 Å². The van der Waals surface area contributed by atoms with E-state index in [1.165, 1.54) is 16.7 Å². The van der Waals surface area contributed by atoms with Crippen LogP contribution in [0, 0.1) is 0 Å². The van der Waals surface area contributed by atoms with Gasteiger partial charge in [-0.1, -0.05) is 72.8 Å². The molecule has 2 aliphatic carbocycles. The highest BCUT2D eigenvalue weighted by Gasteiger charge is 2.46. The monoisotopic (exact) mass is 590 g/mol. The first-order valence-corrected chi connectivity index (χ1v) is 15.8. The molecular formula is C41H34O4. The van der Waals surface area contributed by atoms with Crippen LogP contribution in [0.15, 0.2) is 119 Å². The van der Waals surface area contributed by atoms with E-state index in [9.17, 15) is 0 Å². The van der Waals surface area contributed by atoms with E-state index in [0.29, 0.717) is 6.42 Å². The number of furan rings is 1. The van der Waals surface area contributed by atoms with Gasteiger partial charge in [-0.15, -0.1) is 0 Å². The van der Waals surface area contributed by atoms with Gasteiger partial charge < -0.3 is 18.6 Å². The molecule has 3 heterocycles. The van der Waals surface area contributed by atoms with Gasteiger partial charge in [0, 0.05) is 47.7 Å². The quantitative estimate of drug-likeness (QED) is 0.205. The molecule has 4 nitrogen and oxygen atoms in total. The van der Waals surface area contributed by atoms with Crippen molar-refractivity contribution in [1.29, 1.82) is 0 Å². The molecule has 2 aliphatic heterocycles. The lowest BCUT2D eigenvalue weighted by Crippen LogP contribution is -2.42. The van der Waals surface area contributed by atoms with Gasteiger partial charge in [0.2, 0.25) is 5.79 Å². The SMILES string of the molecule is CC1(C)Oc2ccc(C3=C4Oc5ccccc5C4(C)CC=C3)cc2C2=CC=C(c3ccc4oc5ccccc5c4c3)CC2(C)O1. The predicted molar refractivity (Wildman–Crippen MR) is 180 cm³/mol. The van der Waals surface area contributed by atoms with Gasteiger partial charge in [0.15, 0.2) is 0 Å². The summed E-state index contributed by atoms with van der Waals surface area (Å²) >= 11 is 0. The number of para-hydroxylation sites is 2. The van der Waals surface area contributed by atoms with Crippen LogP contribution in [0.25, 0.3) is 38.7 Å². The lowest BCUT2D eigenvalue weighted by Gasteiger charge is -2.39. The molecule has 4 aliphatic rings. The number of allylic oxidation sites excluding steroid dienone is 6. The lowest BCUT2D eigenvalue weighted by atomic mass is 9.74. The third kappa shape index (κ3) is 3.95. The van der Waals surface area contributed by atoms with Crippen molar-refractivity contribution in [2.24, 2.45) is 0 Å². The minimum Gasteiger partial charge on any atom is -0.462 e. The van der Waals surface area contributed by atoms with E-state index in [1.54, 1.807) is 0 Å². The topological polar surface area (TPSA) is 40.8 Å². The maximum atomic E-state index is 6.88. The zero-order valence-electron chi connectivity index (χ0n) is 25.9. The number of hydrogen-bond donors (Lipinski definition) is 0. The van der Waals surface area contributed by atoms with Crippen molar-refractivity contribution < 1.29 is 18.6 Å². The van der Waals surface area contributed by atoms with Crippen LogP contribution in [0.4, 0.5) is 0 Å². The van der Waals surface area contributed by atoms with Gasteiger partial charge in [-0.05, 0) is 78.9 Å². The van der Waals surface area contributed by atoms with Crippen LogP contribution < -0.4 is 9.47 Å². The smallest absolute Gasteiger partial charge is 0.205 e. The van der Waals surface area contributed by atoms with E-state index in [2.05, 4.69) is 105 Å². The molecule has 1 aromatic heterocycles. The fraction of sp³-hybridized carbons (Fsp3) is 0.220. The van der Waals surface area contributed by atoms with Crippen LogP contribution in [0.1, 0.15) is 62.8 Å². The third-order valence-corrected chi connectivity index (χ3v) is 9.95. The highest BCUT2D eigenvalue weighted by molar-refractivity contribution is 6.06. The molecule has 0 spiro atoms. The lowest BCUT2D eigenvalue weighted by molar-refractivity contribution is -0.200. The number of hydrogen-bond acceptors (Lipinski definition) is 4. The van der Waals surface area contributed by atoms with Crippen molar-refractivity contribution in [3.05, 3.63) is 137 Å². The minimum absolute atomic E-state index is 0.188. The number of benzene rings is 4. The Morgan fingerprint density at radius 1 is 0.711 bits per heavy atom. The molecule has 0 saturated carbocycles. The Labute approximate surface area is 262 Å². The van der Waals surface area contributed by atoms with Crippen molar-refractivity contribution in [3.63, 3.8) is 0 Å². The Balaban J connectivity index is 1.17. The van der Waals surface area contributed by atoms with Crippen LogP contribution in [-0.4, -0.2) is 11.4 Å². The molecule has 2 unspecified atom stereocenters. The van der Waals surface area contributed by atoms with Crippen LogP contribution in [-0.2, 0) is 10.2 Å². The summed E-state index contributed by atoms with van der Waals surface area (Å²) in [7, 11) is 0. The standard InChI is InChI=1S/C41H34O4/c1-39(2)44-36-20-17-26(28-11-9-21-40(3)33-12-6-8-14-37(33)43-38(28)40)23-31(36)32-18-15-27(24-41(32,4)45-39)25-16-19-35-30(22-25)29-10-5-7-13-34(29)42-35/h5-20,22-23H,21,24H2,1-4H3. The van der Waals surface area contributed by atoms with Crippen molar-refractivity contribution in [2.45, 2.75) is 57.3 Å². The van der Waals surface area contributed by atoms with Crippen LogP contribution in [0.5, 0.6) is 11.5 Å². The Morgan fingerprint density at radius 2 is 1.51 bits per heavy atom. The van der Waals surface area contributed by atoms with Gasteiger partial charge in [0.25, 0.3) is 0 Å². The molecule has 0 N–H and O–H groups in total. The molecular weight excluding hydrogens is 556 g/mol. The molecule has 0 fully saturated rings. The predicted octanol–water partition coefficient (Wildman–Crippen LogP) is 10.4. The Hall–Kier alpha value is -4.80. The summed E-state index contributed by atoms with van der Waals surface area (Å²) in [5.41, 5.74) is 9.04. The molecule has 0 radical (unpaired) electrons. The van der Waals surface area contributed by atoms with Crippen molar-refractivity contribution >= 4 is 38.7 Å². The second-order valence-electron chi connectivity index (χ2n) is 13.6. The van der Waals surface area contributed by atoms with Crippen molar-refractivity contribution in [1.82, 2.24) is 0 Å². The molecule has 5 aromatic rings. The van der Waals surface area contributed by atoms with Crippen molar-refractivity contribution in [2.75, 3.05) is 0 Å². The van der Waals surface area contributed by atoms with Gasteiger partial charge >= 0.3 is 0 Å². The number of fused-ring (bicyclic) bond motifs is 9. The summed E-state index contributed by atoms with van der Waals surface area (Å²) in [5.74, 6) is 1.97. The summed E-state index contributed by atoms with van der Waals surface area (Å²) in [4.78, 5) is 0. The Bertz CT molecular complexity index is 2210. The third-order valence-electron chi connectivity index (χ3n) is 9.95. The molecule has 0 amide bonds. The van der Waals surface area contributed by atoms with Gasteiger partial charge in [-0.25, -0.2) is 0 Å². The Morgan fingerprint density at radius 3 is 2.42 bits per heavy atom. The van der Waals surface area contributed by atoms with E-state index in [1.807, 2.05) is 32.0 Å². The minimum atomic E-state index is -0.824. The zero-order chi connectivity index (χ0) is 30.6. The van der Waals surface area contributed by atoms with Crippen LogP contribution in [0.3, 0.4) is 0 Å².